The molecule has 30 heteroatoms. The molecule has 0 saturated heterocycles. The van der Waals surface area contributed by atoms with Crippen molar-refractivity contribution in [1.82, 2.24) is 0 Å². The van der Waals surface area contributed by atoms with Gasteiger partial charge in [-0.1, -0.05) is 12.8 Å². The van der Waals surface area contributed by atoms with Crippen molar-refractivity contribution in [3.63, 3.8) is 0 Å². The zero-order chi connectivity index (χ0) is 44.9. The van der Waals surface area contributed by atoms with Gasteiger partial charge in [-0.3, -0.25) is 0 Å². The largest absolute Gasteiger partial charge is 0.460 e. The molecule has 0 fully saturated rings. The number of aliphatic hydroxyl groups is 1. The summed E-state index contributed by atoms with van der Waals surface area (Å²) in [6.45, 7) is -0.572. The molecule has 0 aliphatic rings. The molecule has 0 aliphatic carbocycles. The number of ether oxygens (including phenoxy) is 4. The van der Waals surface area contributed by atoms with E-state index in [0.717, 1.165) is 0 Å². The lowest BCUT2D eigenvalue weighted by Crippen LogP contribution is -2.78. The van der Waals surface area contributed by atoms with E-state index >= 15 is 0 Å². The zero-order valence-corrected chi connectivity index (χ0v) is 27.6. The highest BCUT2D eigenvalue weighted by molar-refractivity contribution is 5.19. The van der Waals surface area contributed by atoms with E-state index in [1.54, 1.807) is 0 Å². The molecule has 0 radical (unpaired) electrons. The van der Waals surface area contributed by atoms with Crippen molar-refractivity contribution >= 4 is 0 Å². The number of alkyl halides is 25. The van der Waals surface area contributed by atoms with Crippen LogP contribution in [0.2, 0.25) is 0 Å². The van der Waals surface area contributed by atoms with Crippen molar-refractivity contribution in [2.24, 2.45) is 0 Å². The van der Waals surface area contributed by atoms with Crippen LogP contribution >= 0.6 is 0 Å². The standard InChI is InChI=1S/C26H29F25O5/c1-53-14(13-56-11-10-54-9-7-52)12-55-8-5-3-2-4-6-15(27,28)16(29,30)17(31,32)18(33,34)19(35,36)20(37,38)21(39,40)22(41,42)23(43,44)24(45,46)25(47,48)26(49,50)51/h14,52H,2-13H2,1H3. The second kappa shape index (κ2) is 18.1. The minimum Gasteiger partial charge on any atom is -0.394 e. The first-order valence-corrected chi connectivity index (χ1v) is 14.8. The van der Waals surface area contributed by atoms with Crippen molar-refractivity contribution in [1.29, 1.82) is 0 Å². The number of methoxy groups -OCH3 is 1. The lowest BCUT2D eigenvalue weighted by Gasteiger charge is -2.45. The van der Waals surface area contributed by atoms with E-state index in [-0.39, 0.29) is 59.1 Å². The van der Waals surface area contributed by atoms with Crippen LogP contribution in [0.25, 0.3) is 0 Å². The molecule has 1 N–H and O–H groups in total. The summed E-state index contributed by atoms with van der Waals surface area (Å²) in [5, 5.41) is 8.55. The molecule has 0 aromatic carbocycles. The summed E-state index contributed by atoms with van der Waals surface area (Å²) in [4.78, 5) is 0. The van der Waals surface area contributed by atoms with Crippen molar-refractivity contribution in [2.75, 3.05) is 53.4 Å². The van der Waals surface area contributed by atoms with E-state index in [1.165, 1.54) is 7.11 Å². The van der Waals surface area contributed by atoms with Crippen LogP contribution in [0.3, 0.4) is 0 Å². The van der Waals surface area contributed by atoms with Crippen molar-refractivity contribution in [2.45, 2.75) is 110 Å². The predicted octanol–water partition coefficient (Wildman–Crippen LogP) is 9.54. The fourth-order valence-electron chi connectivity index (χ4n) is 3.94. The van der Waals surface area contributed by atoms with E-state index in [4.69, 9.17) is 24.1 Å². The smallest absolute Gasteiger partial charge is 0.394 e. The number of aliphatic hydroxyl groups excluding tert-OH is 1. The van der Waals surface area contributed by atoms with Gasteiger partial charge in [-0.05, 0) is 12.8 Å². The number of hydrogen-bond acceptors (Lipinski definition) is 5. The average molecular weight is 896 g/mol. The summed E-state index contributed by atoms with van der Waals surface area (Å²) >= 11 is 0. The third kappa shape index (κ3) is 9.57. The first-order chi connectivity index (χ1) is 24.7. The third-order valence-corrected chi connectivity index (χ3v) is 7.44. The van der Waals surface area contributed by atoms with Gasteiger partial charge in [0.15, 0.2) is 0 Å². The van der Waals surface area contributed by atoms with Gasteiger partial charge in [-0.2, -0.15) is 110 Å². The van der Waals surface area contributed by atoms with Gasteiger partial charge in [0.25, 0.3) is 0 Å². The van der Waals surface area contributed by atoms with Gasteiger partial charge in [0.05, 0.1) is 39.6 Å². The fraction of sp³-hybridized carbons (Fsp3) is 1.00. The molecule has 0 aromatic rings. The van der Waals surface area contributed by atoms with Gasteiger partial charge in [-0.25, -0.2) is 0 Å². The molecule has 1 atom stereocenters. The van der Waals surface area contributed by atoms with E-state index < -0.39 is 96.7 Å². The van der Waals surface area contributed by atoms with Gasteiger partial charge in [0.2, 0.25) is 0 Å². The molecular weight excluding hydrogens is 867 g/mol. The molecule has 0 aromatic heterocycles. The van der Waals surface area contributed by atoms with E-state index in [1.807, 2.05) is 0 Å². The lowest BCUT2D eigenvalue weighted by molar-refractivity contribution is -0.482. The number of hydrogen-bond donors (Lipinski definition) is 1. The van der Waals surface area contributed by atoms with Gasteiger partial charge in [0, 0.05) is 20.1 Å². The van der Waals surface area contributed by atoms with E-state index in [9.17, 15) is 110 Å². The van der Waals surface area contributed by atoms with Crippen molar-refractivity contribution < 1.29 is 134 Å². The maximum atomic E-state index is 14.1. The predicted molar refractivity (Wildman–Crippen MR) is 134 cm³/mol. The summed E-state index contributed by atoms with van der Waals surface area (Å²) in [6.07, 6.45) is -14.3. The molecule has 0 rings (SSSR count). The summed E-state index contributed by atoms with van der Waals surface area (Å²) in [6, 6.07) is 0. The van der Waals surface area contributed by atoms with Crippen LogP contribution in [0.1, 0.15) is 32.1 Å². The van der Waals surface area contributed by atoms with Crippen molar-refractivity contribution in [3.8, 4) is 0 Å². The van der Waals surface area contributed by atoms with Gasteiger partial charge >= 0.3 is 71.3 Å². The minimum absolute atomic E-state index is 0.0285. The second-order valence-electron chi connectivity index (χ2n) is 11.5. The first kappa shape index (κ1) is 54.0. The van der Waals surface area contributed by atoms with Gasteiger partial charge in [-0.15, -0.1) is 0 Å². The van der Waals surface area contributed by atoms with Gasteiger partial charge in [0.1, 0.15) is 6.10 Å². The van der Waals surface area contributed by atoms with Crippen LogP contribution in [0.15, 0.2) is 0 Å². The Labute approximate surface area is 297 Å². The third-order valence-electron chi connectivity index (χ3n) is 7.44. The maximum absolute atomic E-state index is 14.1. The molecule has 0 saturated carbocycles. The van der Waals surface area contributed by atoms with E-state index in [0.29, 0.717) is 0 Å². The number of unbranched alkanes of at least 4 members (excludes halogenated alkanes) is 3. The van der Waals surface area contributed by atoms with Gasteiger partial charge < -0.3 is 24.1 Å². The molecule has 5 nitrogen and oxygen atoms in total. The fourth-order valence-corrected chi connectivity index (χ4v) is 3.94. The molecule has 56 heavy (non-hydrogen) atoms. The lowest BCUT2D eigenvalue weighted by atomic mass is 9.84. The topological polar surface area (TPSA) is 57.2 Å². The highest BCUT2D eigenvalue weighted by Crippen LogP contribution is 2.68. The average Bonchev–Trinajstić information content (AvgIpc) is 3.04. The Balaban J connectivity index is 5.97. The maximum Gasteiger partial charge on any atom is 0.460 e. The molecule has 0 aliphatic heterocycles. The van der Waals surface area contributed by atoms with Crippen LogP contribution in [-0.2, 0) is 18.9 Å². The zero-order valence-electron chi connectivity index (χ0n) is 27.6. The molecule has 338 valence electrons. The summed E-state index contributed by atoms with van der Waals surface area (Å²) in [7, 11) is 1.22. The van der Waals surface area contributed by atoms with Crippen LogP contribution in [0.5, 0.6) is 0 Å². The quantitative estimate of drug-likeness (QED) is 0.0658. The van der Waals surface area contributed by atoms with Crippen LogP contribution < -0.4 is 0 Å². The molecule has 0 spiro atoms. The Bertz CT molecular complexity index is 1210. The summed E-state index contributed by atoms with van der Waals surface area (Å²) in [5.41, 5.74) is 0. The van der Waals surface area contributed by atoms with Crippen LogP contribution in [-0.4, -0.2) is 136 Å². The monoisotopic (exact) mass is 896 g/mol. The Hall–Kier alpha value is -1.95. The second-order valence-corrected chi connectivity index (χ2v) is 11.5. The molecule has 0 heterocycles. The Kier molecular flexibility index (Phi) is 17.5. The Morgan fingerprint density at radius 1 is 0.375 bits per heavy atom. The number of rotatable bonds is 27. The molecular formula is C26H29F25O5. The molecule has 1 unspecified atom stereocenters. The number of halogens is 25. The van der Waals surface area contributed by atoms with Crippen LogP contribution in [0.4, 0.5) is 110 Å². The van der Waals surface area contributed by atoms with Crippen LogP contribution in [0, 0.1) is 0 Å². The van der Waals surface area contributed by atoms with E-state index in [2.05, 4.69) is 0 Å². The molecule has 0 bridgehead atoms. The first-order valence-electron chi connectivity index (χ1n) is 14.8. The minimum atomic E-state index is -9.60. The van der Waals surface area contributed by atoms with Crippen molar-refractivity contribution in [3.05, 3.63) is 0 Å². The Morgan fingerprint density at radius 3 is 1.05 bits per heavy atom. The highest BCUT2D eigenvalue weighted by atomic mass is 19.4. The summed E-state index contributed by atoms with van der Waals surface area (Å²) < 4.78 is 360. The SMILES string of the molecule is COC(COCCCCCCC(F)(F)C(F)(F)C(F)(F)C(F)(F)C(F)(F)C(F)(F)C(F)(F)C(F)(F)C(F)(F)C(F)(F)C(F)(F)C(F)(F)F)COCCOCCO. The summed E-state index contributed by atoms with van der Waals surface area (Å²) in [5.74, 6) is -98.2. The normalized spacial score (nSPS) is 16.1. The molecule has 0 amide bonds. The Morgan fingerprint density at radius 2 is 0.696 bits per heavy atom. The highest BCUT2D eigenvalue weighted by Gasteiger charge is 2.99.